The van der Waals surface area contributed by atoms with Crippen LogP contribution in [0.4, 0.5) is 29.3 Å². The van der Waals surface area contributed by atoms with Crippen molar-refractivity contribution < 1.29 is 28.0 Å². The number of carbonyl (C=O) groups is 1. The summed E-state index contributed by atoms with van der Waals surface area (Å²) in [5.41, 5.74) is -1.63. The van der Waals surface area contributed by atoms with Crippen molar-refractivity contribution in [1.29, 1.82) is 0 Å². The molecule has 0 aromatic heterocycles. The number of piperidine rings is 1. The van der Waals surface area contributed by atoms with E-state index in [0.29, 0.717) is 25.0 Å². The molecule has 1 aliphatic heterocycles. The van der Waals surface area contributed by atoms with Gasteiger partial charge in [0.2, 0.25) is 0 Å². The molecule has 10 heteroatoms. The van der Waals surface area contributed by atoms with Gasteiger partial charge >= 0.3 is 12.3 Å². The summed E-state index contributed by atoms with van der Waals surface area (Å²) in [5.74, 6) is 0. The highest BCUT2D eigenvalue weighted by atomic mass is 19.4. The SMILES string of the molecule is O=C(O)N1CCC(Nc2cc(C(F)(F)F)ccc2[N+](=O)[O-])CC1. The van der Waals surface area contributed by atoms with E-state index in [1.54, 1.807) is 0 Å². The van der Waals surface area contributed by atoms with Gasteiger partial charge in [-0.1, -0.05) is 0 Å². The minimum absolute atomic E-state index is 0.210. The number of nitro benzene ring substituents is 1. The lowest BCUT2D eigenvalue weighted by atomic mass is 10.0. The monoisotopic (exact) mass is 333 g/mol. The van der Waals surface area contributed by atoms with E-state index < -0.39 is 28.4 Å². The van der Waals surface area contributed by atoms with Crippen LogP contribution in [0.5, 0.6) is 0 Å². The number of rotatable bonds is 3. The molecule has 1 aromatic rings. The number of alkyl halides is 3. The molecular weight excluding hydrogens is 319 g/mol. The summed E-state index contributed by atoms with van der Waals surface area (Å²) in [7, 11) is 0. The number of hydrogen-bond donors (Lipinski definition) is 2. The summed E-state index contributed by atoms with van der Waals surface area (Å²) in [4.78, 5) is 22.2. The molecule has 0 aliphatic carbocycles. The lowest BCUT2D eigenvalue weighted by Gasteiger charge is -2.31. The van der Waals surface area contributed by atoms with Crippen LogP contribution in [-0.4, -0.2) is 40.2 Å². The van der Waals surface area contributed by atoms with Crippen molar-refractivity contribution in [2.75, 3.05) is 18.4 Å². The minimum Gasteiger partial charge on any atom is -0.465 e. The molecule has 1 amide bonds. The molecule has 0 unspecified atom stereocenters. The molecule has 0 saturated carbocycles. The average Bonchev–Trinajstić information content (AvgIpc) is 2.46. The molecule has 1 saturated heterocycles. The summed E-state index contributed by atoms with van der Waals surface area (Å²) in [6.07, 6.45) is -4.94. The van der Waals surface area contributed by atoms with Crippen LogP contribution in [0.1, 0.15) is 18.4 Å². The number of nitrogens with zero attached hydrogens (tertiary/aromatic N) is 2. The highest BCUT2D eigenvalue weighted by molar-refractivity contribution is 5.65. The Morgan fingerprint density at radius 1 is 1.35 bits per heavy atom. The quantitative estimate of drug-likeness (QED) is 0.654. The van der Waals surface area contributed by atoms with Gasteiger partial charge in [-0.2, -0.15) is 13.2 Å². The zero-order valence-corrected chi connectivity index (χ0v) is 11.8. The largest absolute Gasteiger partial charge is 0.465 e. The average molecular weight is 333 g/mol. The fourth-order valence-corrected chi connectivity index (χ4v) is 2.42. The molecule has 1 fully saturated rings. The van der Waals surface area contributed by atoms with E-state index in [4.69, 9.17) is 5.11 Å². The Bertz CT molecular complexity index is 613. The Morgan fingerprint density at radius 3 is 2.43 bits per heavy atom. The second kappa shape index (κ2) is 6.31. The highest BCUT2D eigenvalue weighted by Crippen LogP contribution is 2.35. The fourth-order valence-electron chi connectivity index (χ4n) is 2.42. The molecule has 1 aromatic carbocycles. The number of nitrogens with one attached hydrogen (secondary N) is 1. The maximum atomic E-state index is 12.7. The van der Waals surface area contributed by atoms with Crippen molar-refractivity contribution in [2.24, 2.45) is 0 Å². The molecule has 2 N–H and O–H groups in total. The zero-order valence-electron chi connectivity index (χ0n) is 11.8. The summed E-state index contributed by atoms with van der Waals surface area (Å²) >= 11 is 0. The molecule has 23 heavy (non-hydrogen) atoms. The summed E-state index contributed by atoms with van der Waals surface area (Å²) < 4.78 is 38.2. The number of anilines is 1. The second-order valence-corrected chi connectivity index (χ2v) is 5.18. The molecular formula is C13H14F3N3O4. The van der Waals surface area contributed by atoms with E-state index in [1.807, 2.05) is 0 Å². The zero-order chi connectivity index (χ0) is 17.2. The van der Waals surface area contributed by atoms with E-state index in [0.717, 1.165) is 6.07 Å². The molecule has 2 rings (SSSR count). The first-order valence-electron chi connectivity index (χ1n) is 6.78. The predicted octanol–water partition coefficient (Wildman–Crippen LogP) is 3.17. The minimum atomic E-state index is -4.60. The van der Waals surface area contributed by atoms with Crippen molar-refractivity contribution in [1.82, 2.24) is 4.90 Å². The topological polar surface area (TPSA) is 95.7 Å². The number of halogens is 3. The normalized spacial score (nSPS) is 16.2. The number of likely N-dealkylation sites (tertiary alicyclic amines) is 1. The van der Waals surface area contributed by atoms with Crippen LogP contribution in [-0.2, 0) is 6.18 Å². The van der Waals surface area contributed by atoms with Crippen molar-refractivity contribution >= 4 is 17.5 Å². The van der Waals surface area contributed by atoms with Crippen LogP contribution < -0.4 is 5.32 Å². The first-order chi connectivity index (χ1) is 10.7. The van der Waals surface area contributed by atoms with Crippen LogP contribution in [0.2, 0.25) is 0 Å². The molecule has 0 spiro atoms. The van der Waals surface area contributed by atoms with E-state index >= 15 is 0 Å². The van der Waals surface area contributed by atoms with Gasteiger partial charge in [0.25, 0.3) is 5.69 Å². The summed E-state index contributed by atoms with van der Waals surface area (Å²) in [5, 5.41) is 22.6. The van der Waals surface area contributed by atoms with Gasteiger partial charge in [-0.3, -0.25) is 10.1 Å². The Morgan fingerprint density at radius 2 is 1.96 bits per heavy atom. The van der Waals surface area contributed by atoms with Gasteiger partial charge in [0.1, 0.15) is 5.69 Å². The van der Waals surface area contributed by atoms with Gasteiger partial charge in [-0.05, 0) is 25.0 Å². The number of hydrogen-bond acceptors (Lipinski definition) is 4. The lowest BCUT2D eigenvalue weighted by Crippen LogP contribution is -2.41. The third-order valence-electron chi connectivity index (χ3n) is 3.65. The smallest absolute Gasteiger partial charge is 0.416 e. The summed E-state index contributed by atoms with van der Waals surface area (Å²) in [6.45, 7) is 0.444. The van der Waals surface area contributed by atoms with E-state index in [9.17, 15) is 28.1 Å². The van der Waals surface area contributed by atoms with Crippen molar-refractivity contribution in [3.8, 4) is 0 Å². The van der Waals surface area contributed by atoms with E-state index in [-0.39, 0.29) is 24.8 Å². The Labute approximate surface area is 128 Å². The molecule has 0 radical (unpaired) electrons. The highest BCUT2D eigenvalue weighted by Gasteiger charge is 2.33. The van der Waals surface area contributed by atoms with Crippen LogP contribution in [0.3, 0.4) is 0 Å². The first-order valence-corrected chi connectivity index (χ1v) is 6.78. The van der Waals surface area contributed by atoms with Crippen LogP contribution in [0, 0.1) is 10.1 Å². The van der Waals surface area contributed by atoms with Gasteiger partial charge in [0.05, 0.1) is 10.5 Å². The van der Waals surface area contributed by atoms with Gasteiger partial charge in [-0.25, -0.2) is 4.79 Å². The Balaban J connectivity index is 2.18. The van der Waals surface area contributed by atoms with Crippen LogP contribution >= 0.6 is 0 Å². The lowest BCUT2D eigenvalue weighted by molar-refractivity contribution is -0.384. The van der Waals surface area contributed by atoms with Crippen LogP contribution in [0.25, 0.3) is 0 Å². The van der Waals surface area contributed by atoms with Crippen molar-refractivity contribution in [3.05, 3.63) is 33.9 Å². The van der Waals surface area contributed by atoms with Crippen molar-refractivity contribution in [2.45, 2.75) is 25.1 Å². The van der Waals surface area contributed by atoms with E-state index in [2.05, 4.69) is 5.32 Å². The second-order valence-electron chi connectivity index (χ2n) is 5.18. The maximum absolute atomic E-state index is 12.7. The third kappa shape index (κ3) is 4.02. The third-order valence-corrected chi connectivity index (χ3v) is 3.65. The molecule has 0 bridgehead atoms. The maximum Gasteiger partial charge on any atom is 0.416 e. The van der Waals surface area contributed by atoms with E-state index in [1.165, 1.54) is 4.90 Å². The van der Waals surface area contributed by atoms with Gasteiger partial charge in [0, 0.05) is 25.2 Å². The van der Waals surface area contributed by atoms with Crippen LogP contribution in [0.15, 0.2) is 18.2 Å². The molecule has 7 nitrogen and oxygen atoms in total. The van der Waals surface area contributed by atoms with Gasteiger partial charge < -0.3 is 15.3 Å². The Hall–Kier alpha value is -2.52. The number of nitro groups is 1. The number of benzene rings is 1. The molecule has 126 valence electrons. The number of amides is 1. The first kappa shape index (κ1) is 16.8. The number of carboxylic acid groups (broad SMARTS) is 1. The molecule has 0 atom stereocenters. The van der Waals surface area contributed by atoms with Gasteiger partial charge in [-0.15, -0.1) is 0 Å². The molecule has 1 heterocycles. The standard InChI is InChI=1S/C13H14F3N3O4/c14-13(15,16)8-1-2-11(19(22)23)10(7-8)17-9-3-5-18(6-4-9)12(20)21/h1-2,7,9,17H,3-6H2,(H,20,21). The predicted molar refractivity (Wildman–Crippen MR) is 74.3 cm³/mol. The van der Waals surface area contributed by atoms with Gasteiger partial charge in [0.15, 0.2) is 0 Å². The molecule has 1 aliphatic rings. The Kier molecular flexibility index (Phi) is 4.62. The fraction of sp³-hybridized carbons (Fsp3) is 0.462. The summed E-state index contributed by atoms with van der Waals surface area (Å²) in [6, 6.07) is 1.86. The van der Waals surface area contributed by atoms with Crippen molar-refractivity contribution in [3.63, 3.8) is 0 Å².